The van der Waals surface area contributed by atoms with Crippen molar-refractivity contribution in [1.29, 1.82) is 0 Å². The molecule has 0 spiro atoms. The molecule has 1 saturated heterocycles. The predicted molar refractivity (Wildman–Crippen MR) is 103 cm³/mol. The third-order valence-electron chi connectivity index (χ3n) is 5.96. The Labute approximate surface area is 163 Å². The van der Waals surface area contributed by atoms with Crippen molar-refractivity contribution in [2.75, 3.05) is 19.0 Å². The van der Waals surface area contributed by atoms with Crippen molar-refractivity contribution in [3.05, 3.63) is 47.8 Å². The molecule has 1 aromatic carbocycles. The molecule has 5 heteroatoms. The van der Waals surface area contributed by atoms with Gasteiger partial charge in [0.25, 0.3) is 0 Å². The van der Waals surface area contributed by atoms with Crippen LogP contribution in [0.25, 0.3) is 0 Å². The zero-order valence-electron chi connectivity index (χ0n) is 15.1. The summed E-state index contributed by atoms with van der Waals surface area (Å²) in [6, 6.07) is 6.95. The van der Waals surface area contributed by atoms with Gasteiger partial charge in [0.15, 0.2) is 0 Å². The molecule has 0 N–H and O–H groups in total. The number of esters is 1. The van der Waals surface area contributed by atoms with Crippen LogP contribution in [-0.4, -0.2) is 31.1 Å². The highest BCUT2D eigenvalue weighted by Crippen LogP contribution is 2.56. The summed E-state index contributed by atoms with van der Waals surface area (Å²) in [5.41, 5.74) is 1.17. The van der Waals surface area contributed by atoms with Crippen molar-refractivity contribution in [2.45, 2.75) is 43.6 Å². The lowest BCUT2D eigenvalue weighted by Gasteiger charge is -2.38. The summed E-state index contributed by atoms with van der Waals surface area (Å²) >= 11 is 3.67. The van der Waals surface area contributed by atoms with Crippen LogP contribution in [-0.2, 0) is 19.7 Å². The third kappa shape index (κ3) is 3.89. The Morgan fingerprint density at radius 2 is 2.15 bits per heavy atom. The minimum Gasteiger partial charge on any atom is -0.469 e. The summed E-state index contributed by atoms with van der Waals surface area (Å²) in [4.78, 5) is 11.2. The van der Waals surface area contributed by atoms with Crippen LogP contribution in [0, 0.1) is 17.7 Å². The van der Waals surface area contributed by atoms with Crippen LogP contribution in [0.5, 0.6) is 0 Å². The molecule has 1 heterocycles. The van der Waals surface area contributed by atoms with Crippen LogP contribution in [0.3, 0.4) is 0 Å². The summed E-state index contributed by atoms with van der Waals surface area (Å²) in [6.07, 6.45) is 8.82. The van der Waals surface area contributed by atoms with Gasteiger partial charge in [-0.15, -0.1) is 0 Å². The summed E-state index contributed by atoms with van der Waals surface area (Å²) in [5.74, 6) is 0.590. The molecule has 26 heavy (non-hydrogen) atoms. The Morgan fingerprint density at radius 3 is 2.85 bits per heavy atom. The van der Waals surface area contributed by atoms with Gasteiger partial charge in [-0.3, -0.25) is 4.79 Å². The van der Waals surface area contributed by atoms with Crippen molar-refractivity contribution < 1.29 is 18.7 Å². The predicted octanol–water partition coefficient (Wildman–Crippen LogP) is 4.78. The van der Waals surface area contributed by atoms with Crippen molar-refractivity contribution in [3.63, 3.8) is 0 Å². The third-order valence-corrected chi connectivity index (χ3v) is 6.71. The molecular weight excluding hydrogens is 399 g/mol. The number of hydrogen-bond acceptors (Lipinski definition) is 3. The molecule has 4 atom stereocenters. The molecule has 0 unspecified atom stereocenters. The van der Waals surface area contributed by atoms with Crippen LogP contribution in [0.1, 0.15) is 37.7 Å². The SMILES string of the molecule is COC(=O)CCC/C=C\C[C@@H]1[C@H](CBr)[C@H]2C[C@]1(c1ccc(F)cc1)CO2. The maximum absolute atomic E-state index is 13.4. The number of alkyl halides is 1. The minimum absolute atomic E-state index is 0.0207. The minimum atomic E-state index is -0.197. The quantitative estimate of drug-likeness (QED) is 0.260. The van der Waals surface area contributed by atoms with Gasteiger partial charge < -0.3 is 9.47 Å². The standard InChI is InChI=1S/C21H26BrFO3/c1-25-20(24)7-5-3-2-4-6-18-17(13-22)19-12-21(18,14-26-19)15-8-10-16(23)11-9-15/h2,4,8-11,17-19H,3,5-7,12-14H2,1H3/b4-2-/t17-,18+,19+,21+/m0/s1. The fraction of sp³-hybridized carbons (Fsp3) is 0.571. The van der Waals surface area contributed by atoms with E-state index in [-0.39, 0.29) is 23.3 Å². The Balaban J connectivity index is 1.67. The van der Waals surface area contributed by atoms with Crippen molar-refractivity contribution in [2.24, 2.45) is 11.8 Å². The van der Waals surface area contributed by atoms with Crippen LogP contribution in [0.4, 0.5) is 4.39 Å². The van der Waals surface area contributed by atoms with Gasteiger partial charge in [-0.05, 0) is 55.2 Å². The average molecular weight is 425 g/mol. The number of carbonyl (C=O) groups is 1. The highest BCUT2D eigenvalue weighted by atomic mass is 79.9. The first kappa shape index (κ1) is 19.6. The molecule has 0 aromatic heterocycles. The van der Waals surface area contributed by atoms with Gasteiger partial charge in [-0.1, -0.05) is 40.2 Å². The molecule has 2 fully saturated rings. The summed E-state index contributed by atoms with van der Waals surface area (Å²) < 4.78 is 24.1. The van der Waals surface area contributed by atoms with Gasteiger partial charge >= 0.3 is 5.97 Å². The maximum atomic E-state index is 13.4. The molecule has 1 aliphatic carbocycles. The van der Waals surface area contributed by atoms with Crippen molar-refractivity contribution in [3.8, 4) is 0 Å². The first-order valence-corrected chi connectivity index (χ1v) is 10.4. The van der Waals surface area contributed by atoms with E-state index in [0.717, 1.165) is 31.0 Å². The van der Waals surface area contributed by atoms with Gasteiger partial charge in [0.2, 0.25) is 0 Å². The Morgan fingerprint density at radius 1 is 1.38 bits per heavy atom. The second kappa shape index (κ2) is 8.66. The van der Waals surface area contributed by atoms with Crippen LogP contribution in [0.2, 0.25) is 0 Å². The van der Waals surface area contributed by atoms with Crippen LogP contribution in [0.15, 0.2) is 36.4 Å². The average Bonchev–Trinajstić information content (AvgIpc) is 3.22. The number of hydrogen-bond donors (Lipinski definition) is 0. The summed E-state index contributed by atoms with van der Waals surface area (Å²) in [6.45, 7) is 0.716. The Hall–Kier alpha value is -1.20. The molecule has 142 valence electrons. The molecule has 3 rings (SSSR count). The van der Waals surface area contributed by atoms with Gasteiger partial charge in [-0.2, -0.15) is 0 Å². The van der Waals surface area contributed by atoms with Crippen molar-refractivity contribution >= 4 is 21.9 Å². The molecule has 1 aromatic rings. The zero-order valence-corrected chi connectivity index (χ0v) is 16.7. The first-order valence-electron chi connectivity index (χ1n) is 9.26. The number of allylic oxidation sites excluding steroid dienone is 2. The van der Waals surface area contributed by atoms with Crippen molar-refractivity contribution in [1.82, 2.24) is 0 Å². The summed E-state index contributed by atoms with van der Waals surface area (Å²) in [5, 5.41) is 0.918. The van der Waals surface area contributed by atoms with Gasteiger partial charge in [0, 0.05) is 17.2 Å². The number of rotatable bonds is 8. The lowest BCUT2D eigenvalue weighted by molar-refractivity contribution is -0.140. The van der Waals surface area contributed by atoms with Gasteiger partial charge in [-0.25, -0.2) is 4.39 Å². The largest absolute Gasteiger partial charge is 0.469 e. The molecule has 3 nitrogen and oxygen atoms in total. The fourth-order valence-electron chi connectivity index (χ4n) is 4.57. The number of carbonyl (C=O) groups excluding carboxylic acids is 1. The molecule has 1 saturated carbocycles. The maximum Gasteiger partial charge on any atom is 0.305 e. The van der Waals surface area contributed by atoms with Crippen LogP contribution >= 0.6 is 15.9 Å². The van der Waals surface area contributed by atoms with Gasteiger partial charge in [0.05, 0.1) is 19.8 Å². The topological polar surface area (TPSA) is 35.5 Å². The second-order valence-electron chi connectivity index (χ2n) is 7.32. The van der Waals surface area contributed by atoms with E-state index in [1.807, 2.05) is 12.1 Å². The van der Waals surface area contributed by atoms with E-state index in [1.165, 1.54) is 12.7 Å². The zero-order chi connectivity index (χ0) is 18.6. The smallest absolute Gasteiger partial charge is 0.305 e. The number of halogens is 2. The molecule has 0 amide bonds. The van der Waals surface area contributed by atoms with E-state index in [9.17, 15) is 9.18 Å². The number of fused-ring (bicyclic) bond motifs is 2. The van der Waals surface area contributed by atoms with E-state index >= 15 is 0 Å². The number of benzene rings is 1. The van der Waals surface area contributed by atoms with E-state index in [0.29, 0.717) is 24.9 Å². The molecule has 0 radical (unpaired) electrons. The molecule has 2 bridgehead atoms. The monoisotopic (exact) mass is 424 g/mol. The highest BCUT2D eigenvalue weighted by Gasteiger charge is 2.58. The molecule has 1 aliphatic heterocycles. The lowest BCUT2D eigenvalue weighted by Crippen LogP contribution is -2.40. The first-order chi connectivity index (χ1) is 12.6. The second-order valence-corrected chi connectivity index (χ2v) is 7.96. The number of ether oxygens (including phenoxy) is 2. The molecule has 2 aliphatic rings. The number of methoxy groups -OCH3 is 1. The summed E-state index contributed by atoms with van der Waals surface area (Å²) in [7, 11) is 1.42. The Bertz CT molecular complexity index is 645. The van der Waals surface area contributed by atoms with Gasteiger partial charge in [0.1, 0.15) is 5.82 Å². The normalized spacial score (nSPS) is 30.2. The van der Waals surface area contributed by atoms with E-state index in [1.54, 1.807) is 12.1 Å². The van der Waals surface area contributed by atoms with Crippen LogP contribution < -0.4 is 0 Å². The lowest BCUT2D eigenvalue weighted by atomic mass is 9.69. The number of unbranched alkanes of at least 4 members (excludes halogenated alkanes) is 1. The highest BCUT2D eigenvalue weighted by molar-refractivity contribution is 9.09. The fourth-order valence-corrected chi connectivity index (χ4v) is 5.43. The van der Waals surface area contributed by atoms with E-state index in [2.05, 4.69) is 32.8 Å². The Kier molecular flexibility index (Phi) is 6.51. The van der Waals surface area contributed by atoms with E-state index in [4.69, 9.17) is 4.74 Å². The molecular formula is C21H26BrFO3. The van der Waals surface area contributed by atoms with E-state index < -0.39 is 0 Å².